The highest BCUT2D eigenvalue weighted by molar-refractivity contribution is 5.81. The van der Waals surface area contributed by atoms with Gasteiger partial charge in [0.2, 0.25) is 5.91 Å². The van der Waals surface area contributed by atoms with Gasteiger partial charge in [0, 0.05) is 19.0 Å². The van der Waals surface area contributed by atoms with Crippen LogP contribution in [0.1, 0.15) is 18.9 Å². The van der Waals surface area contributed by atoms with E-state index in [-0.39, 0.29) is 25.4 Å². The number of ether oxygens (including phenoxy) is 2. The molecule has 0 aliphatic rings. The highest BCUT2D eigenvalue weighted by Crippen LogP contribution is 2.23. The van der Waals surface area contributed by atoms with Crippen LogP contribution in [0.4, 0.5) is 0 Å². The van der Waals surface area contributed by atoms with Crippen LogP contribution in [-0.4, -0.2) is 42.6 Å². The summed E-state index contributed by atoms with van der Waals surface area (Å²) in [6.07, 6.45) is 0.258. The minimum Gasteiger partial charge on any atom is -0.497 e. The summed E-state index contributed by atoms with van der Waals surface area (Å²) in [7, 11) is 3.07. The third kappa shape index (κ3) is 4.46. The Hall–Kier alpha value is -2.24. The van der Waals surface area contributed by atoms with E-state index >= 15 is 0 Å². The summed E-state index contributed by atoms with van der Waals surface area (Å²) in [6, 6.07) is 5.22. The zero-order chi connectivity index (χ0) is 15.1. The molecular weight excluding hydrogens is 262 g/mol. The first-order chi connectivity index (χ1) is 9.49. The monoisotopic (exact) mass is 281 g/mol. The van der Waals surface area contributed by atoms with E-state index in [0.717, 1.165) is 5.56 Å². The van der Waals surface area contributed by atoms with Crippen molar-refractivity contribution in [3.05, 3.63) is 23.8 Å². The molecule has 0 atom stereocenters. The summed E-state index contributed by atoms with van der Waals surface area (Å²) >= 11 is 0. The fraction of sp³-hybridized carbons (Fsp3) is 0.429. The summed E-state index contributed by atoms with van der Waals surface area (Å²) in [5.74, 6) is -0.0620. The summed E-state index contributed by atoms with van der Waals surface area (Å²) in [4.78, 5) is 23.9. The van der Waals surface area contributed by atoms with Gasteiger partial charge in [-0.05, 0) is 17.7 Å². The van der Waals surface area contributed by atoms with Crippen molar-refractivity contribution in [3.8, 4) is 11.5 Å². The number of carboxylic acid groups (broad SMARTS) is 1. The van der Waals surface area contributed by atoms with Gasteiger partial charge in [0.25, 0.3) is 0 Å². The number of nitrogens with zero attached hydrogens (tertiary/aromatic N) is 1. The Labute approximate surface area is 117 Å². The maximum Gasteiger partial charge on any atom is 0.323 e. The van der Waals surface area contributed by atoms with Crippen LogP contribution in [0.15, 0.2) is 18.2 Å². The minimum absolute atomic E-state index is 0.201. The molecule has 6 heteroatoms. The normalized spacial score (nSPS) is 9.95. The molecule has 0 aliphatic heterocycles. The number of hydrogen-bond acceptors (Lipinski definition) is 4. The number of hydrogen-bond donors (Lipinski definition) is 1. The lowest BCUT2D eigenvalue weighted by molar-refractivity contribution is -0.144. The smallest absolute Gasteiger partial charge is 0.323 e. The summed E-state index contributed by atoms with van der Waals surface area (Å²) in [5, 5.41) is 8.86. The molecule has 0 aliphatic carbocycles. The maximum absolute atomic E-state index is 11.8. The van der Waals surface area contributed by atoms with Crippen LogP contribution in [-0.2, 0) is 16.1 Å². The second kappa shape index (κ2) is 7.37. The van der Waals surface area contributed by atoms with E-state index in [1.807, 2.05) is 0 Å². The van der Waals surface area contributed by atoms with Crippen molar-refractivity contribution in [1.82, 2.24) is 4.90 Å². The third-order valence-corrected chi connectivity index (χ3v) is 2.77. The number of methoxy groups -OCH3 is 2. The number of carboxylic acids is 1. The largest absolute Gasteiger partial charge is 0.497 e. The topological polar surface area (TPSA) is 76.1 Å². The Morgan fingerprint density at radius 1 is 1.15 bits per heavy atom. The van der Waals surface area contributed by atoms with Crippen molar-refractivity contribution in [3.63, 3.8) is 0 Å². The first-order valence-corrected chi connectivity index (χ1v) is 6.21. The van der Waals surface area contributed by atoms with Crippen molar-refractivity contribution in [2.24, 2.45) is 0 Å². The zero-order valence-electron chi connectivity index (χ0n) is 11.9. The standard InChI is InChI=1S/C14H19NO5/c1-4-13(16)15(9-14(17)18)8-10-5-11(19-2)7-12(6-10)20-3/h5-7H,4,8-9H2,1-3H3,(H,17,18). The lowest BCUT2D eigenvalue weighted by Gasteiger charge is -2.20. The molecule has 0 saturated heterocycles. The quantitative estimate of drug-likeness (QED) is 0.820. The van der Waals surface area contributed by atoms with E-state index in [1.165, 1.54) is 19.1 Å². The van der Waals surface area contributed by atoms with E-state index in [0.29, 0.717) is 11.5 Å². The van der Waals surface area contributed by atoms with E-state index in [9.17, 15) is 9.59 Å². The lowest BCUT2D eigenvalue weighted by atomic mass is 10.1. The Balaban J connectivity index is 2.97. The van der Waals surface area contributed by atoms with Gasteiger partial charge in [-0.25, -0.2) is 0 Å². The van der Waals surface area contributed by atoms with Gasteiger partial charge in [0.15, 0.2) is 0 Å². The van der Waals surface area contributed by atoms with Crippen LogP contribution in [0, 0.1) is 0 Å². The Morgan fingerprint density at radius 2 is 1.70 bits per heavy atom. The van der Waals surface area contributed by atoms with E-state index in [1.54, 1.807) is 25.1 Å². The molecule has 0 unspecified atom stereocenters. The van der Waals surface area contributed by atoms with Crippen molar-refractivity contribution in [2.75, 3.05) is 20.8 Å². The number of carbonyl (C=O) groups is 2. The number of carbonyl (C=O) groups excluding carboxylic acids is 1. The molecule has 0 bridgehead atoms. The average Bonchev–Trinajstić information content (AvgIpc) is 2.44. The molecule has 20 heavy (non-hydrogen) atoms. The van der Waals surface area contributed by atoms with Gasteiger partial charge < -0.3 is 19.5 Å². The molecule has 6 nitrogen and oxygen atoms in total. The van der Waals surface area contributed by atoms with Crippen LogP contribution < -0.4 is 9.47 Å². The molecule has 0 heterocycles. The van der Waals surface area contributed by atoms with Gasteiger partial charge in [-0.15, -0.1) is 0 Å². The summed E-state index contributed by atoms with van der Waals surface area (Å²) in [5.41, 5.74) is 0.754. The molecular formula is C14H19NO5. The van der Waals surface area contributed by atoms with Crippen LogP contribution in [0.3, 0.4) is 0 Å². The molecule has 0 saturated carbocycles. The van der Waals surface area contributed by atoms with E-state index < -0.39 is 5.97 Å². The fourth-order valence-corrected chi connectivity index (χ4v) is 1.80. The Morgan fingerprint density at radius 3 is 2.10 bits per heavy atom. The zero-order valence-corrected chi connectivity index (χ0v) is 11.9. The minimum atomic E-state index is -1.04. The SMILES string of the molecule is CCC(=O)N(CC(=O)O)Cc1cc(OC)cc(OC)c1. The van der Waals surface area contributed by atoms with Crippen molar-refractivity contribution >= 4 is 11.9 Å². The Bertz CT molecular complexity index is 464. The van der Waals surface area contributed by atoms with Crippen molar-refractivity contribution in [1.29, 1.82) is 0 Å². The molecule has 0 spiro atoms. The molecule has 1 N–H and O–H groups in total. The number of rotatable bonds is 7. The third-order valence-electron chi connectivity index (χ3n) is 2.77. The second-order valence-electron chi connectivity index (χ2n) is 4.22. The molecule has 1 rings (SSSR count). The van der Waals surface area contributed by atoms with Crippen molar-refractivity contribution < 1.29 is 24.2 Å². The van der Waals surface area contributed by atoms with E-state index in [2.05, 4.69) is 0 Å². The molecule has 110 valence electrons. The van der Waals surface area contributed by atoms with Gasteiger partial charge >= 0.3 is 5.97 Å². The molecule has 1 amide bonds. The van der Waals surface area contributed by atoms with Gasteiger partial charge in [0.1, 0.15) is 18.0 Å². The predicted molar refractivity (Wildman–Crippen MR) is 72.9 cm³/mol. The average molecular weight is 281 g/mol. The molecule has 0 fully saturated rings. The molecule has 1 aromatic carbocycles. The van der Waals surface area contributed by atoms with Gasteiger partial charge in [0.05, 0.1) is 14.2 Å². The van der Waals surface area contributed by atoms with Gasteiger partial charge in [-0.3, -0.25) is 9.59 Å². The first kappa shape index (κ1) is 15.8. The van der Waals surface area contributed by atoms with Crippen molar-refractivity contribution in [2.45, 2.75) is 19.9 Å². The maximum atomic E-state index is 11.8. The molecule has 0 aromatic heterocycles. The summed E-state index contributed by atoms with van der Waals surface area (Å²) in [6.45, 7) is 1.57. The van der Waals surface area contributed by atoms with Crippen LogP contribution >= 0.6 is 0 Å². The second-order valence-corrected chi connectivity index (χ2v) is 4.22. The van der Waals surface area contributed by atoms with Crippen LogP contribution in [0.25, 0.3) is 0 Å². The summed E-state index contributed by atoms with van der Waals surface area (Å²) < 4.78 is 10.3. The van der Waals surface area contributed by atoms with E-state index in [4.69, 9.17) is 14.6 Å². The fourth-order valence-electron chi connectivity index (χ4n) is 1.80. The molecule has 1 aromatic rings. The van der Waals surface area contributed by atoms with Crippen LogP contribution in [0.5, 0.6) is 11.5 Å². The van der Waals surface area contributed by atoms with Gasteiger partial charge in [-0.2, -0.15) is 0 Å². The number of aliphatic carboxylic acids is 1. The van der Waals surface area contributed by atoms with Crippen LogP contribution in [0.2, 0.25) is 0 Å². The Kier molecular flexibility index (Phi) is 5.83. The molecule has 0 radical (unpaired) electrons. The lowest BCUT2D eigenvalue weighted by Crippen LogP contribution is -2.34. The number of amides is 1. The predicted octanol–water partition coefficient (Wildman–Crippen LogP) is 1.53. The van der Waals surface area contributed by atoms with Gasteiger partial charge in [-0.1, -0.05) is 6.92 Å². The highest BCUT2D eigenvalue weighted by Gasteiger charge is 2.16. The number of benzene rings is 1. The highest BCUT2D eigenvalue weighted by atomic mass is 16.5. The first-order valence-electron chi connectivity index (χ1n) is 6.21.